The molecule has 3 aliphatic rings. The van der Waals surface area contributed by atoms with Crippen molar-refractivity contribution in [2.24, 2.45) is 0 Å². The smallest absolute Gasteiger partial charge is 0.328 e. The highest BCUT2D eigenvalue weighted by molar-refractivity contribution is 6.11. The molecule has 1 aromatic rings. The summed E-state index contributed by atoms with van der Waals surface area (Å²) in [4.78, 5) is 55.5. The zero-order valence-corrected chi connectivity index (χ0v) is 18.3. The van der Waals surface area contributed by atoms with Crippen molar-refractivity contribution in [2.45, 2.75) is 75.8 Å². The zero-order valence-electron chi connectivity index (χ0n) is 18.3. The number of likely N-dealkylation sites (tertiary alicyclic amines) is 2. The molecule has 166 valence electrons. The van der Waals surface area contributed by atoms with Gasteiger partial charge >= 0.3 is 5.97 Å². The van der Waals surface area contributed by atoms with Gasteiger partial charge in [0.15, 0.2) is 0 Å². The van der Waals surface area contributed by atoms with E-state index in [2.05, 4.69) is 0 Å². The molecule has 1 saturated carbocycles. The first-order valence-corrected chi connectivity index (χ1v) is 11.2. The van der Waals surface area contributed by atoms with Gasteiger partial charge < -0.3 is 9.64 Å². The summed E-state index contributed by atoms with van der Waals surface area (Å²) in [6.45, 7) is 2.36. The fourth-order valence-electron chi connectivity index (χ4n) is 5.65. The van der Waals surface area contributed by atoms with Gasteiger partial charge in [0.25, 0.3) is 0 Å². The molecule has 2 atom stereocenters. The number of amides is 3. The molecule has 1 unspecified atom stereocenters. The maximum Gasteiger partial charge on any atom is 0.328 e. The minimum Gasteiger partial charge on any atom is -0.467 e. The quantitative estimate of drug-likeness (QED) is 0.534. The van der Waals surface area contributed by atoms with Crippen molar-refractivity contribution in [3.8, 4) is 0 Å². The Bertz CT molecular complexity index is 907. The number of ether oxygens (including phenoxy) is 1. The summed E-state index contributed by atoms with van der Waals surface area (Å²) in [5, 5.41) is 0. The maximum absolute atomic E-state index is 13.8. The van der Waals surface area contributed by atoms with Gasteiger partial charge in [0.2, 0.25) is 17.7 Å². The minimum atomic E-state index is -1.22. The lowest BCUT2D eigenvalue weighted by molar-refractivity contribution is -0.152. The van der Waals surface area contributed by atoms with Gasteiger partial charge in [0.05, 0.1) is 12.5 Å². The summed E-state index contributed by atoms with van der Waals surface area (Å²) in [5.74, 6) is -1.16. The van der Waals surface area contributed by atoms with Crippen LogP contribution < -0.4 is 0 Å². The summed E-state index contributed by atoms with van der Waals surface area (Å²) in [5.41, 5.74) is 0.400. The first-order valence-electron chi connectivity index (χ1n) is 11.2. The van der Waals surface area contributed by atoms with Crippen LogP contribution in [0.1, 0.15) is 62.5 Å². The molecule has 3 fully saturated rings. The highest BCUT2D eigenvalue weighted by Gasteiger charge is 2.56. The van der Waals surface area contributed by atoms with Crippen molar-refractivity contribution in [1.82, 2.24) is 9.80 Å². The maximum atomic E-state index is 13.8. The molecular weight excluding hydrogens is 396 g/mol. The van der Waals surface area contributed by atoms with Crippen LogP contribution in [0.3, 0.4) is 0 Å². The molecule has 0 aromatic heterocycles. The van der Waals surface area contributed by atoms with E-state index in [4.69, 9.17) is 4.74 Å². The summed E-state index contributed by atoms with van der Waals surface area (Å²) in [7, 11) is 1.32. The van der Waals surface area contributed by atoms with E-state index in [-0.39, 0.29) is 36.6 Å². The zero-order chi connectivity index (χ0) is 22.2. The first-order chi connectivity index (χ1) is 14.9. The molecule has 2 heterocycles. The van der Waals surface area contributed by atoms with Gasteiger partial charge in [-0.2, -0.15) is 0 Å². The van der Waals surface area contributed by atoms with E-state index in [0.29, 0.717) is 19.4 Å². The Labute approximate surface area is 182 Å². The molecule has 3 amide bonds. The predicted octanol–water partition coefficient (Wildman–Crippen LogP) is 2.49. The molecule has 0 radical (unpaired) electrons. The Morgan fingerprint density at radius 1 is 1.10 bits per heavy atom. The number of aryl methyl sites for hydroxylation is 1. The topological polar surface area (TPSA) is 84.0 Å². The van der Waals surface area contributed by atoms with E-state index in [1.165, 1.54) is 16.9 Å². The van der Waals surface area contributed by atoms with E-state index in [0.717, 1.165) is 36.8 Å². The molecule has 7 heteroatoms. The van der Waals surface area contributed by atoms with Crippen LogP contribution in [0, 0.1) is 6.92 Å². The van der Waals surface area contributed by atoms with Crippen LogP contribution >= 0.6 is 0 Å². The van der Waals surface area contributed by atoms with Gasteiger partial charge in [-0.25, -0.2) is 4.79 Å². The fraction of sp³-hybridized carbons (Fsp3) is 0.583. The number of carbonyl (C=O) groups excluding carboxylic acids is 4. The normalized spacial score (nSPS) is 26.7. The van der Waals surface area contributed by atoms with E-state index >= 15 is 0 Å². The molecule has 1 aliphatic carbocycles. The molecule has 2 saturated heterocycles. The van der Waals surface area contributed by atoms with Crippen molar-refractivity contribution < 1.29 is 23.9 Å². The largest absolute Gasteiger partial charge is 0.467 e. The fourth-order valence-corrected chi connectivity index (χ4v) is 5.65. The number of hydrogen-bond donors (Lipinski definition) is 0. The lowest BCUT2D eigenvalue weighted by atomic mass is 9.73. The second kappa shape index (κ2) is 8.44. The lowest BCUT2D eigenvalue weighted by Crippen LogP contribution is -2.48. The predicted molar refractivity (Wildman–Crippen MR) is 113 cm³/mol. The van der Waals surface area contributed by atoms with Crippen LogP contribution in [0.25, 0.3) is 0 Å². The highest BCUT2D eigenvalue weighted by Crippen LogP contribution is 2.44. The summed E-state index contributed by atoms with van der Waals surface area (Å²) >= 11 is 0. The molecule has 4 rings (SSSR count). The number of methoxy groups -OCH3 is 1. The molecule has 7 nitrogen and oxygen atoms in total. The number of hydrogen-bond acceptors (Lipinski definition) is 5. The van der Waals surface area contributed by atoms with Crippen LogP contribution in [-0.4, -0.2) is 59.2 Å². The van der Waals surface area contributed by atoms with Crippen molar-refractivity contribution in [1.29, 1.82) is 0 Å². The molecule has 0 N–H and O–H groups in total. The monoisotopic (exact) mass is 426 g/mol. The van der Waals surface area contributed by atoms with Crippen LogP contribution in [0.15, 0.2) is 24.3 Å². The average Bonchev–Trinajstić information content (AvgIpc) is 3.49. The third-order valence-corrected chi connectivity index (χ3v) is 7.20. The SMILES string of the molecule is COC(=O)[C@@H]1CCCN1C(=O)CC1(c2ccccc2C)CC(=O)N(C2CCCC2)C1=O. The van der Waals surface area contributed by atoms with Gasteiger partial charge in [-0.1, -0.05) is 37.1 Å². The van der Waals surface area contributed by atoms with Crippen LogP contribution in [0.2, 0.25) is 0 Å². The van der Waals surface area contributed by atoms with E-state index in [1.807, 2.05) is 31.2 Å². The molecule has 31 heavy (non-hydrogen) atoms. The van der Waals surface area contributed by atoms with Crippen molar-refractivity contribution >= 4 is 23.7 Å². The van der Waals surface area contributed by atoms with Crippen molar-refractivity contribution in [3.63, 3.8) is 0 Å². The molecule has 0 spiro atoms. The third-order valence-electron chi connectivity index (χ3n) is 7.20. The molecule has 0 bridgehead atoms. The van der Waals surface area contributed by atoms with Gasteiger partial charge in [0.1, 0.15) is 6.04 Å². The van der Waals surface area contributed by atoms with E-state index in [1.54, 1.807) is 0 Å². The third kappa shape index (κ3) is 3.64. The molecular formula is C24H30N2O5. The van der Waals surface area contributed by atoms with Crippen LogP contribution in [0.4, 0.5) is 0 Å². The number of imide groups is 1. The van der Waals surface area contributed by atoms with E-state index < -0.39 is 17.4 Å². The van der Waals surface area contributed by atoms with Crippen LogP contribution in [-0.2, 0) is 29.3 Å². The number of esters is 1. The Balaban J connectivity index is 1.70. The Morgan fingerprint density at radius 2 is 1.81 bits per heavy atom. The summed E-state index contributed by atoms with van der Waals surface area (Å²) in [6, 6.07) is 6.80. The van der Waals surface area contributed by atoms with Gasteiger partial charge in [-0.3, -0.25) is 19.3 Å². The lowest BCUT2D eigenvalue weighted by Gasteiger charge is -2.32. The Kier molecular flexibility index (Phi) is 5.86. The number of benzene rings is 1. The van der Waals surface area contributed by atoms with E-state index in [9.17, 15) is 19.2 Å². The Hall–Kier alpha value is -2.70. The molecule has 2 aliphatic heterocycles. The van der Waals surface area contributed by atoms with Gasteiger partial charge in [-0.15, -0.1) is 0 Å². The Morgan fingerprint density at radius 3 is 2.48 bits per heavy atom. The van der Waals surface area contributed by atoms with Gasteiger partial charge in [0, 0.05) is 25.4 Å². The summed E-state index contributed by atoms with van der Waals surface area (Å²) < 4.78 is 4.87. The second-order valence-electron chi connectivity index (χ2n) is 9.03. The average molecular weight is 427 g/mol. The summed E-state index contributed by atoms with van der Waals surface area (Å²) in [6.07, 6.45) is 4.81. The number of carbonyl (C=O) groups is 4. The highest BCUT2D eigenvalue weighted by atomic mass is 16.5. The minimum absolute atomic E-state index is 0.00431. The van der Waals surface area contributed by atoms with Crippen LogP contribution in [0.5, 0.6) is 0 Å². The standard InChI is InChI=1S/C24H30N2O5/c1-16-8-3-6-11-18(16)24(14-20(27)25-13-7-12-19(25)22(29)31-2)15-21(28)26(23(24)30)17-9-4-5-10-17/h3,6,8,11,17,19H,4-5,7,9-10,12-15H2,1-2H3/t19-,24?/m0/s1. The number of nitrogens with zero attached hydrogens (tertiary/aromatic N) is 2. The van der Waals surface area contributed by atoms with Crippen molar-refractivity contribution in [3.05, 3.63) is 35.4 Å². The first kappa shape index (κ1) is 21.5. The number of rotatable bonds is 5. The van der Waals surface area contributed by atoms with Gasteiger partial charge in [-0.05, 0) is 43.7 Å². The van der Waals surface area contributed by atoms with Crippen molar-refractivity contribution in [2.75, 3.05) is 13.7 Å². The second-order valence-corrected chi connectivity index (χ2v) is 9.03. The molecule has 1 aromatic carbocycles.